The fraction of sp³-hybridized carbons (Fsp3) is 0.500. The Bertz CT molecular complexity index is 371. The second-order valence-corrected chi connectivity index (χ2v) is 4.78. The van der Waals surface area contributed by atoms with Gasteiger partial charge in [-0.1, -0.05) is 30.3 Å². The molecule has 0 aliphatic heterocycles. The van der Waals surface area contributed by atoms with Gasteiger partial charge in [0.1, 0.15) is 0 Å². The summed E-state index contributed by atoms with van der Waals surface area (Å²) < 4.78 is 0. The Balaban J connectivity index is 1.78. The number of nitrogens with one attached hydrogen (secondary N) is 2. The lowest BCUT2D eigenvalue weighted by Gasteiger charge is -2.37. The molecule has 3 nitrogen and oxygen atoms in total. The van der Waals surface area contributed by atoms with Crippen LogP contribution in [0.2, 0.25) is 0 Å². The van der Waals surface area contributed by atoms with Gasteiger partial charge in [0.25, 0.3) is 0 Å². The summed E-state index contributed by atoms with van der Waals surface area (Å²) in [6.07, 6.45) is 2.26. The molecule has 1 fully saturated rings. The zero-order valence-corrected chi connectivity index (χ0v) is 10.4. The van der Waals surface area contributed by atoms with E-state index in [9.17, 15) is 4.79 Å². The third-order valence-electron chi connectivity index (χ3n) is 3.53. The fourth-order valence-electron chi connectivity index (χ4n) is 2.40. The van der Waals surface area contributed by atoms with Gasteiger partial charge in [0.15, 0.2) is 0 Å². The molecule has 0 heterocycles. The van der Waals surface area contributed by atoms with Gasteiger partial charge in [-0.15, -0.1) is 0 Å². The molecule has 1 aromatic carbocycles. The Hall–Kier alpha value is -1.35. The molecule has 2 rings (SSSR count). The molecule has 0 spiro atoms. The first kappa shape index (κ1) is 12.1. The average Bonchev–Trinajstić information content (AvgIpc) is 2.33. The van der Waals surface area contributed by atoms with Crippen molar-refractivity contribution in [2.75, 3.05) is 7.05 Å². The molecule has 1 amide bonds. The first-order chi connectivity index (χ1) is 8.20. The molecule has 0 saturated heterocycles. The van der Waals surface area contributed by atoms with Gasteiger partial charge in [0.2, 0.25) is 5.91 Å². The molecule has 1 aliphatic carbocycles. The summed E-state index contributed by atoms with van der Waals surface area (Å²) in [5, 5.41) is 6.01. The maximum absolute atomic E-state index is 11.4. The zero-order valence-electron chi connectivity index (χ0n) is 10.4. The molecule has 0 aromatic heterocycles. The summed E-state index contributed by atoms with van der Waals surface area (Å²) in [6, 6.07) is 11.0. The topological polar surface area (TPSA) is 41.1 Å². The van der Waals surface area contributed by atoms with Crippen LogP contribution in [0.15, 0.2) is 30.3 Å². The number of rotatable bonds is 4. The van der Waals surface area contributed by atoms with E-state index in [1.807, 2.05) is 13.0 Å². The quantitative estimate of drug-likeness (QED) is 0.829. The van der Waals surface area contributed by atoms with Crippen LogP contribution in [0.4, 0.5) is 0 Å². The van der Waals surface area contributed by atoms with Crippen LogP contribution >= 0.6 is 0 Å². The van der Waals surface area contributed by atoms with E-state index in [-0.39, 0.29) is 11.9 Å². The summed E-state index contributed by atoms with van der Waals surface area (Å²) in [7, 11) is 1.67. The van der Waals surface area contributed by atoms with Gasteiger partial charge in [0, 0.05) is 13.1 Å². The normalized spacial score (nSPS) is 24.8. The van der Waals surface area contributed by atoms with Crippen molar-refractivity contribution in [1.29, 1.82) is 0 Å². The number of amides is 1. The van der Waals surface area contributed by atoms with Crippen LogP contribution in [0, 0.1) is 0 Å². The Labute approximate surface area is 103 Å². The average molecular weight is 232 g/mol. The largest absolute Gasteiger partial charge is 0.358 e. The second-order valence-electron chi connectivity index (χ2n) is 4.78. The Kier molecular flexibility index (Phi) is 3.79. The summed E-state index contributed by atoms with van der Waals surface area (Å²) in [4.78, 5) is 11.4. The minimum absolute atomic E-state index is 0.0631. The Morgan fingerprint density at radius 3 is 2.53 bits per heavy atom. The summed E-state index contributed by atoms with van der Waals surface area (Å²) in [5.74, 6) is 0.721. The van der Waals surface area contributed by atoms with E-state index >= 15 is 0 Å². The highest BCUT2D eigenvalue weighted by Crippen LogP contribution is 2.36. The van der Waals surface area contributed by atoms with Crippen LogP contribution in [0.3, 0.4) is 0 Å². The van der Waals surface area contributed by atoms with Crippen molar-refractivity contribution in [3.8, 4) is 0 Å². The van der Waals surface area contributed by atoms with Crippen molar-refractivity contribution in [2.24, 2.45) is 0 Å². The van der Waals surface area contributed by atoms with Crippen LogP contribution in [0.25, 0.3) is 0 Å². The number of carbonyl (C=O) groups is 1. The van der Waals surface area contributed by atoms with Crippen molar-refractivity contribution in [3.63, 3.8) is 0 Å². The predicted molar refractivity (Wildman–Crippen MR) is 68.9 cm³/mol. The van der Waals surface area contributed by atoms with Gasteiger partial charge >= 0.3 is 0 Å². The monoisotopic (exact) mass is 232 g/mol. The van der Waals surface area contributed by atoms with Crippen LogP contribution < -0.4 is 10.6 Å². The van der Waals surface area contributed by atoms with Crippen LogP contribution in [0.5, 0.6) is 0 Å². The number of hydrogen-bond donors (Lipinski definition) is 2. The molecule has 0 radical (unpaired) electrons. The molecule has 1 aliphatic rings. The Morgan fingerprint density at radius 1 is 1.29 bits per heavy atom. The van der Waals surface area contributed by atoms with E-state index in [1.165, 1.54) is 5.56 Å². The molecular weight excluding hydrogens is 212 g/mol. The third kappa shape index (κ3) is 2.86. The fourth-order valence-corrected chi connectivity index (χ4v) is 2.40. The molecule has 17 heavy (non-hydrogen) atoms. The SMILES string of the molecule is CNC(=O)C(C)NC1CC(c2ccccc2)C1. The highest BCUT2D eigenvalue weighted by atomic mass is 16.2. The maximum Gasteiger partial charge on any atom is 0.236 e. The van der Waals surface area contributed by atoms with E-state index in [2.05, 4.69) is 34.9 Å². The first-order valence-corrected chi connectivity index (χ1v) is 6.23. The van der Waals surface area contributed by atoms with Crippen LogP contribution in [0.1, 0.15) is 31.2 Å². The Morgan fingerprint density at radius 2 is 1.94 bits per heavy atom. The van der Waals surface area contributed by atoms with Gasteiger partial charge in [-0.05, 0) is 31.2 Å². The van der Waals surface area contributed by atoms with E-state index in [1.54, 1.807) is 7.05 Å². The number of benzene rings is 1. The molecule has 1 aromatic rings. The first-order valence-electron chi connectivity index (χ1n) is 6.23. The number of hydrogen-bond acceptors (Lipinski definition) is 2. The van der Waals surface area contributed by atoms with E-state index < -0.39 is 0 Å². The second kappa shape index (κ2) is 5.32. The van der Waals surface area contributed by atoms with Gasteiger partial charge in [0.05, 0.1) is 6.04 Å². The third-order valence-corrected chi connectivity index (χ3v) is 3.53. The van der Waals surface area contributed by atoms with Crippen LogP contribution in [-0.2, 0) is 4.79 Å². The molecular formula is C14H20N2O. The van der Waals surface area contributed by atoms with Crippen molar-refractivity contribution < 1.29 is 4.79 Å². The minimum atomic E-state index is -0.0956. The van der Waals surface area contributed by atoms with E-state index in [0.717, 1.165) is 12.8 Å². The van der Waals surface area contributed by atoms with Crippen molar-refractivity contribution in [2.45, 2.75) is 37.8 Å². The maximum atomic E-state index is 11.4. The van der Waals surface area contributed by atoms with Crippen molar-refractivity contribution in [1.82, 2.24) is 10.6 Å². The number of likely N-dealkylation sites (N-methyl/N-ethyl adjacent to an activating group) is 1. The van der Waals surface area contributed by atoms with Crippen LogP contribution in [-0.4, -0.2) is 25.0 Å². The lowest BCUT2D eigenvalue weighted by Crippen LogP contribution is -2.50. The lowest BCUT2D eigenvalue weighted by molar-refractivity contribution is -0.122. The molecule has 3 heteroatoms. The smallest absolute Gasteiger partial charge is 0.236 e. The summed E-state index contributed by atoms with van der Waals surface area (Å²) >= 11 is 0. The molecule has 0 bridgehead atoms. The molecule has 2 N–H and O–H groups in total. The molecule has 1 unspecified atom stereocenters. The van der Waals surface area contributed by atoms with Crippen molar-refractivity contribution in [3.05, 3.63) is 35.9 Å². The summed E-state index contributed by atoms with van der Waals surface area (Å²) in [6.45, 7) is 1.91. The highest BCUT2D eigenvalue weighted by molar-refractivity contribution is 5.80. The highest BCUT2D eigenvalue weighted by Gasteiger charge is 2.31. The standard InChI is InChI=1S/C14H20N2O/c1-10(14(17)15-2)16-13-8-12(9-13)11-6-4-3-5-7-11/h3-7,10,12-13,16H,8-9H2,1-2H3,(H,15,17). The van der Waals surface area contributed by atoms with Gasteiger partial charge < -0.3 is 10.6 Å². The minimum Gasteiger partial charge on any atom is -0.358 e. The molecule has 1 saturated carbocycles. The van der Waals surface area contributed by atoms with Gasteiger partial charge in [-0.3, -0.25) is 4.79 Å². The molecule has 1 atom stereocenters. The molecule has 92 valence electrons. The predicted octanol–water partition coefficient (Wildman–Crippen LogP) is 1.66. The number of carbonyl (C=O) groups excluding carboxylic acids is 1. The lowest BCUT2D eigenvalue weighted by atomic mass is 9.75. The van der Waals surface area contributed by atoms with E-state index in [0.29, 0.717) is 12.0 Å². The van der Waals surface area contributed by atoms with Gasteiger partial charge in [-0.25, -0.2) is 0 Å². The zero-order chi connectivity index (χ0) is 12.3. The van der Waals surface area contributed by atoms with E-state index in [4.69, 9.17) is 0 Å². The van der Waals surface area contributed by atoms with Crippen molar-refractivity contribution >= 4 is 5.91 Å². The van der Waals surface area contributed by atoms with Gasteiger partial charge in [-0.2, -0.15) is 0 Å². The summed E-state index contributed by atoms with van der Waals surface area (Å²) in [5.41, 5.74) is 1.41.